The predicted octanol–water partition coefficient (Wildman–Crippen LogP) is 4.12. The van der Waals surface area contributed by atoms with E-state index in [-0.39, 0.29) is 36.6 Å². The Morgan fingerprint density at radius 3 is 2.52 bits per heavy atom. The van der Waals surface area contributed by atoms with Crippen LogP contribution in [0.5, 0.6) is 0 Å². The van der Waals surface area contributed by atoms with E-state index >= 15 is 0 Å². The SMILES string of the molecule is CCOC(=O)c1cn([C@H](CO)C(C)C)c2ccc(NCc3ccc(F)cc3)cc2c1=O. The number of hydrogen-bond acceptors (Lipinski definition) is 5. The number of anilines is 1. The zero-order valence-corrected chi connectivity index (χ0v) is 17.9. The first-order valence-corrected chi connectivity index (χ1v) is 10.3. The molecule has 0 unspecified atom stereocenters. The van der Waals surface area contributed by atoms with Gasteiger partial charge >= 0.3 is 5.97 Å². The van der Waals surface area contributed by atoms with E-state index in [0.717, 1.165) is 5.56 Å². The van der Waals surface area contributed by atoms with E-state index in [2.05, 4.69) is 5.32 Å². The fourth-order valence-electron chi connectivity index (χ4n) is 3.52. The van der Waals surface area contributed by atoms with Gasteiger partial charge in [-0.25, -0.2) is 9.18 Å². The molecule has 0 spiro atoms. The minimum Gasteiger partial charge on any atom is -0.462 e. The van der Waals surface area contributed by atoms with Crippen LogP contribution in [-0.4, -0.2) is 28.9 Å². The van der Waals surface area contributed by atoms with Gasteiger partial charge in [-0.15, -0.1) is 0 Å². The molecule has 3 aromatic rings. The number of hydrogen-bond donors (Lipinski definition) is 2. The van der Waals surface area contributed by atoms with E-state index in [1.54, 1.807) is 35.8 Å². The van der Waals surface area contributed by atoms with Crippen molar-refractivity contribution in [3.8, 4) is 0 Å². The van der Waals surface area contributed by atoms with E-state index in [1.165, 1.54) is 18.3 Å². The molecule has 1 aromatic heterocycles. The van der Waals surface area contributed by atoms with Crippen LogP contribution in [0.1, 0.15) is 42.7 Å². The van der Waals surface area contributed by atoms with E-state index in [4.69, 9.17) is 4.74 Å². The third kappa shape index (κ3) is 4.94. The fourth-order valence-corrected chi connectivity index (χ4v) is 3.52. The second-order valence-corrected chi connectivity index (χ2v) is 7.71. The van der Waals surface area contributed by atoms with E-state index < -0.39 is 11.4 Å². The molecule has 2 aromatic carbocycles. The number of halogens is 1. The molecule has 0 aliphatic carbocycles. The monoisotopic (exact) mass is 426 g/mol. The van der Waals surface area contributed by atoms with Crippen LogP contribution in [0.3, 0.4) is 0 Å². The lowest BCUT2D eigenvalue weighted by Gasteiger charge is -2.25. The van der Waals surface area contributed by atoms with Crippen molar-refractivity contribution in [2.75, 3.05) is 18.5 Å². The van der Waals surface area contributed by atoms with Crippen LogP contribution >= 0.6 is 0 Å². The summed E-state index contributed by atoms with van der Waals surface area (Å²) in [6, 6.07) is 11.2. The van der Waals surface area contributed by atoms with Gasteiger partial charge in [-0.1, -0.05) is 26.0 Å². The summed E-state index contributed by atoms with van der Waals surface area (Å²) in [4.78, 5) is 25.5. The summed E-state index contributed by atoms with van der Waals surface area (Å²) in [7, 11) is 0. The molecular formula is C24H27FN2O4. The molecule has 0 fully saturated rings. The minimum atomic E-state index is -0.687. The summed E-state index contributed by atoms with van der Waals surface area (Å²) in [6.07, 6.45) is 1.48. The van der Waals surface area contributed by atoms with Crippen molar-refractivity contribution >= 4 is 22.6 Å². The number of aromatic nitrogens is 1. The number of carbonyl (C=O) groups excluding carboxylic acids is 1. The number of ether oxygens (including phenoxy) is 1. The maximum atomic E-state index is 13.1. The number of aliphatic hydroxyl groups is 1. The third-order valence-electron chi connectivity index (χ3n) is 5.25. The van der Waals surface area contributed by atoms with Crippen LogP contribution < -0.4 is 10.7 Å². The number of pyridine rings is 1. The topological polar surface area (TPSA) is 80.6 Å². The average Bonchev–Trinajstić information content (AvgIpc) is 2.75. The van der Waals surface area contributed by atoms with Crippen molar-refractivity contribution in [1.82, 2.24) is 4.57 Å². The Bertz CT molecular complexity index is 1120. The number of esters is 1. The normalized spacial score (nSPS) is 12.2. The van der Waals surface area contributed by atoms with Crippen LogP contribution in [0.15, 0.2) is 53.5 Å². The van der Waals surface area contributed by atoms with Gasteiger partial charge in [0.05, 0.1) is 24.8 Å². The predicted molar refractivity (Wildman–Crippen MR) is 119 cm³/mol. The number of nitrogens with zero attached hydrogens (tertiary/aromatic N) is 1. The molecule has 3 rings (SSSR count). The highest BCUT2D eigenvalue weighted by atomic mass is 19.1. The number of carbonyl (C=O) groups is 1. The Kier molecular flexibility index (Phi) is 7.07. The second kappa shape index (κ2) is 9.75. The van der Waals surface area contributed by atoms with E-state index in [1.807, 2.05) is 19.9 Å². The van der Waals surface area contributed by atoms with Gasteiger partial charge in [0.25, 0.3) is 0 Å². The number of fused-ring (bicyclic) bond motifs is 1. The summed E-state index contributed by atoms with van der Waals surface area (Å²) in [5, 5.41) is 13.5. The lowest BCUT2D eigenvalue weighted by atomic mass is 10.0. The maximum absolute atomic E-state index is 13.1. The fraction of sp³-hybridized carbons (Fsp3) is 0.333. The van der Waals surface area contributed by atoms with Crippen molar-refractivity contribution in [3.05, 3.63) is 75.8 Å². The highest BCUT2D eigenvalue weighted by Crippen LogP contribution is 2.25. The Labute approximate surface area is 180 Å². The zero-order chi connectivity index (χ0) is 22.5. The van der Waals surface area contributed by atoms with Crippen molar-refractivity contribution in [2.24, 2.45) is 5.92 Å². The summed E-state index contributed by atoms with van der Waals surface area (Å²) in [5.74, 6) is -0.916. The van der Waals surface area contributed by atoms with Crippen LogP contribution in [0, 0.1) is 11.7 Å². The van der Waals surface area contributed by atoms with Crippen molar-refractivity contribution in [2.45, 2.75) is 33.4 Å². The average molecular weight is 426 g/mol. The van der Waals surface area contributed by atoms with Crippen LogP contribution in [-0.2, 0) is 11.3 Å². The molecule has 0 saturated heterocycles. The lowest BCUT2D eigenvalue weighted by molar-refractivity contribution is 0.0523. The molecule has 7 heteroatoms. The molecule has 31 heavy (non-hydrogen) atoms. The smallest absolute Gasteiger partial charge is 0.343 e. The molecule has 0 bridgehead atoms. The standard InChI is InChI=1S/C24H27FN2O4/c1-4-31-24(30)20-13-27(22(14-28)15(2)3)21-10-9-18(11-19(21)23(20)29)26-12-16-5-7-17(25)8-6-16/h5-11,13,15,22,26,28H,4,12,14H2,1-3H3/t22-/m1/s1. The van der Waals surface area contributed by atoms with Gasteiger partial charge in [0.1, 0.15) is 11.4 Å². The van der Waals surface area contributed by atoms with Crippen molar-refractivity contribution in [1.29, 1.82) is 0 Å². The van der Waals surface area contributed by atoms with Crippen molar-refractivity contribution in [3.63, 3.8) is 0 Å². The number of aliphatic hydroxyl groups excluding tert-OH is 1. The van der Waals surface area contributed by atoms with Gasteiger partial charge < -0.3 is 19.7 Å². The molecule has 0 aliphatic heterocycles. The molecule has 1 atom stereocenters. The highest BCUT2D eigenvalue weighted by molar-refractivity contribution is 5.94. The molecule has 164 valence electrons. The number of nitrogens with one attached hydrogen (secondary N) is 1. The van der Waals surface area contributed by atoms with Gasteiger partial charge in [0.15, 0.2) is 0 Å². The minimum absolute atomic E-state index is 0.0656. The molecule has 0 saturated carbocycles. The Morgan fingerprint density at radius 1 is 1.19 bits per heavy atom. The van der Waals surface area contributed by atoms with Gasteiger partial charge in [-0.3, -0.25) is 4.79 Å². The van der Waals surface area contributed by atoms with Crippen LogP contribution in [0.4, 0.5) is 10.1 Å². The molecule has 0 radical (unpaired) electrons. The van der Waals surface area contributed by atoms with Gasteiger partial charge in [-0.2, -0.15) is 0 Å². The van der Waals surface area contributed by atoms with Gasteiger partial charge in [-0.05, 0) is 48.7 Å². The summed E-state index contributed by atoms with van der Waals surface area (Å²) >= 11 is 0. The molecular weight excluding hydrogens is 399 g/mol. The molecule has 0 aliphatic rings. The first-order valence-electron chi connectivity index (χ1n) is 10.3. The number of benzene rings is 2. The zero-order valence-electron chi connectivity index (χ0n) is 17.9. The van der Waals surface area contributed by atoms with E-state index in [9.17, 15) is 19.1 Å². The number of rotatable bonds is 8. The summed E-state index contributed by atoms with van der Waals surface area (Å²) < 4.78 is 19.9. The highest BCUT2D eigenvalue weighted by Gasteiger charge is 2.22. The van der Waals surface area contributed by atoms with Crippen molar-refractivity contribution < 1.29 is 19.0 Å². The first-order chi connectivity index (χ1) is 14.8. The molecule has 0 amide bonds. The largest absolute Gasteiger partial charge is 0.462 e. The maximum Gasteiger partial charge on any atom is 0.343 e. The van der Waals surface area contributed by atoms with Gasteiger partial charge in [0, 0.05) is 23.8 Å². The quantitative estimate of drug-likeness (QED) is 0.530. The Hall–Kier alpha value is -3.19. The Balaban J connectivity index is 2.07. The third-order valence-corrected chi connectivity index (χ3v) is 5.25. The summed E-state index contributed by atoms with van der Waals surface area (Å²) in [5.41, 5.74) is 1.71. The second-order valence-electron chi connectivity index (χ2n) is 7.71. The molecule has 2 N–H and O–H groups in total. The van der Waals surface area contributed by atoms with Crippen LogP contribution in [0.25, 0.3) is 10.9 Å². The van der Waals surface area contributed by atoms with Crippen LogP contribution in [0.2, 0.25) is 0 Å². The molecule has 1 heterocycles. The Morgan fingerprint density at radius 2 is 1.90 bits per heavy atom. The first kappa shape index (κ1) is 22.5. The lowest BCUT2D eigenvalue weighted by Crippen LogP contribution is -2.26. The molecule has 6 nitrogen and oxygen atoms in total. The van der Waals surface area contributed by atoms with Gasteiger partial charge in [0.2, 0.25) is 5.43 Å². The summed E-state index contributed by atoms with van der Waals surface area (Å²) in [6.45, 7) is 6.08. The van der Waals surface area contributed by atoms with E-state index in [0.29, 0.717) is 23.1 Å².